The van der Waals surface area contributed by atoms with Crippen molar-refractivity contribution in [3.05, 3.63) is 35.1 Å². The molecule has 3 nitrogen and oxygen atoms in total. The average molecular weight is 241 g/mol. The number of hydrogen-bond acceptors (Lipinski definition) is 3. The molecule has 0 aliphatic carbocycles. The van der Waals surface area contributed by atoms with Crippen LogP contribution in [0.4, 0.5) is 10.1 Å². The van der Waals surface area contributed by atoms with Gasteiger partial charge in [0.15, 0.2) is 6.23 Å². The Morgan fingerprint density at radius 2 is 2.31 bits per heavy atom. The maximum absolute atomic E-state index is 12.6. The second kappa shape index (κ2) is 4.53. The van der Waals surface area contributed by atoms with Crippen molar-refractivity contribution in [3.8, 4) is 5.75 Å². The number of dihydropyridines is 1. The van der Waals surface area contributed by atoms with Crippen molar-refractivity contribution in [1.82, 2.24) is 0 Å². The molecule has 0 amide bonds. The summed E-state index contributed by atoms with van der Waals surface area (Å²) < 4.78 is 18.1. The number of benzene rings is 1. The van der Waals surface area contributed by atoms with Gasteiger partial charge in [0.25, 0.3) is 0 Å². The Bertz CT molecular complexity index is 459. The molecule has 1 aromatic carbocycles. The summed E-state index contributed by atoms with van der Waals surface area (Å²) >= 11 is 5.93. The van der Waals surface area contributed by atoms with E-state index in [9.17, 15) is 4.39 Å². The normalized spacial score (nSPS) is 19.4. The summed E-state index contributed by atoms with van der Waals surface area (Å²) in [6.45, 7) is 0. The minimum atomic E-state index is -0.430. The van der Waals surface area contributed by atoms with Gasteiger partial charge in [0.2, 0.25) is 0 Å². The third-order valence-electron chi connectivity index (χ3n) is 2.10. The molecule has 0 saturated carbocycles. The molecule has 0 fully saturated rings. The van der Waals surface area contributed by atoms with Crippen molar-refractivity contribution in [2.45, 2.75) is 12.6 Å². The molecule has 1 atom stereocenters. The molecule has 1 aliphatic rings. The number of anilines is 1. The Hall–Kier alpha value is -1.55. The number of nitrogen functional groups attached to an aromatic ring is 1. The van der Waals surface area contributed by atoms with Crippen LogP contribution in [0.15, 0.2) is 35.1 Å². The number of halogens is 2. The second-order valence-electron chi connectivity index (χ2n) is 3.37. The molecule has 1 aromatic rings. The van der Waals surface area contributed by atoms with Crippen LogP contribution in [0.3, 0.4) is 0 Å². The van der Waals surface area contributed by atoms with Gasteiger partial charge in [-0.05, 0) is 24.3 Å². The van der Waals surface area contributed by atoms with Crippen LogP contribution in [0.2, 0.25) is 5.02 Å². The molecule has 5 heteroatoms. The molecule has 84 valence electrons. The van der Waals surface area contributed by atoms with Crippen LogP contribution >= 0.6 is 11.6 Å². The van der Waals surface area contributed by atoms with E-state index >= 15 is 0 Å². The maximum Gasteiger partial charge on any atom is 0.193 e. The molecular formula is C11H10ClFN2O. The second-order valence-corrected chi connectivity index (χ2v) is 3.77. The minimum Gasteiger partial charge on any atom is -0.467 e. The maximum atomic E-state index is 12.6. The van der Waals surface area contributed by atoms with E-state index in [1.165, 1.54) is 6.08 Å². The van der Waals surface area contributed by atoms with Crippen LogP contribution in [0.5, 0.6) is 5.75 Å². The van der Waals surface area contributed by atoms with Crippen molar-refractivity contribution < 1.29 is 9.13 Å². The Labute approximate surface area is 97.4 Å². The lowest BCUT2D eigenvalue weighted by molar-refractivity contribution is 0.213. The third kappa shape index (κ3) is 2.52. The molecule has 1 heterocycles. The van der Waals surface area contributed by atoms with E-state index < -0.39 is 6.23 Å². The minimum absolute atomic E-state index is 0.344. The number of nitrogens with zero attached hydrogens (tertiary/aromatic N) is 1. The predicted molar refractivity (Wildman–Crippen MR) is 62.6 cm³/mol. The van der Waals surface area contributed by atoms with E-state index in [2.05, 4.69) is 4.99 Å². The first kappa shape index (κ1) is 11.0. The van der Waals surface area contributed by atoms with E-state index in [1.54, 1.807) is 18.2 Å². The highest BCUT2D eigenvalue weighted by molar-refractivity contribution is 6.32. The van der Waals surface area contributed by atoms with Crippen molar-refractivity contribution in [3.63, 3.8) is 0 Å². The Kier molecular flexibility index (Phi) is 3.10. The van der Waals surface area contributed by atoms with Crippen LogP contribution in [0, 0.1) is 0 Å². The van der Waals surface area contributed by atoms with E-state index in [0.717, 1.165) is 6.21 Å². The van der Waals surface area contributed by atoms with Gasteiger partial charge in [0.05, 0.1) is 11.2 Å². The quantitative estimate of drug-likeness (QED) is 0.808. The van der Waals surface area contributed by atoms with Crippen LogP contribution in [-0.4, -0.2) is 12.4 Å². The van der Waals surface area contributed by atoms with Crippen molar-refractivity contribution in [2.75, 3.05) is 5.73 Å². The zero-order valence-corrected chi connectivity index (χ0v) is 9.12. The summed E-state index contributed by atoms with van der Waals surface area (Å²) in [5.41, 5.74) is 6.12. The summed E-state index contributed by atoms with van der Waals surface area (Å²) in [6.07, 6.45) is 2.52. The molecule has 0 saturated heterocycles. The Morgan fingerprint density at radius 3 is 2.94 bits per heavy atom. The molecule has 1 aliphatic heterocycles. The molecular weight excluding hydrogens is 231 g/mol. The highest BCUT2D eigenvalue weighted by Crippen LogP contribution is 2.28. The Morgan fingerprint density at radius 1 is 1.50 bits per heavy atom. The summed E-state index contributed by atoms with van der Waals surface area (Å²) in [4.78, 5) is 3.89. The first-order valence-corrected chi connectivity index (χ1v) is 5.13. The monoisotopic (exact) mass is 240 g/mol. The lowest BCUT2D eigenvalue weighted by atomic mass is 10.2. The van der Waals surface area contributed by atoms with Crippen molar-refractivity contribution >= 4 is 23.5 Å². The molecule has 0 spiro atoms. The van der Waals surface area contributed by atoms with Gasteiger partial charge >= 0.3 is 0 Å². The van der Waals surface area contributed by atoms with Gasteiger partial charge in [-0.25, -0.2) is 9.38 Å². The molecule has 0 bridgehead atoms. The Balaban J connectivity index is 2.08. The number of hydrogen-bond donors (Lipinski definition) is 1. The van der Waals surface area contributed by atoms with Crippen LogP contribution < -0.4 is 10.5 Å². The summed E-state index contributed by atoms with van der Waals surface area (Å²) in [7, 11) is 0. The lowest BCUT2D eigenvalue weighted by Crippen LogP contribution is -2.15. The fourth-order valence-corrected chi connectivity index (χ4v) is 1.55. The number of aliphatic imine (C=N–C) groups is 1. The fourth-order valence-electron chi connectivity index (χ4n) is 1.32. The molecule has 16 heavy (non-hydrogen) atoms. The van der Waals surface area contributed by atoms with E-state index in [-0.39, 0.29) is 5.83 Å². The number of ether oxygens (including phenoxy) is 1. The molecule has 0 radical (unpaired) electrons. The molecule has 0 aromatic heterocycles. The number of rotatable bonds is 2. The first-order chi connectivity index (χ1) is 7.65. The topological polar surface area (TPSA) is 47.6 Å². The van der Waals surface area contributed by atoms with Crippen LogP contribution in [-0.2, 0) is 0 Å². The smallest absolute Gasteiger partial charge is 0.193 e. The standard InChI is InChI=1S/C11H10ClFN2O/c12-9-5-8(14)2-3-10(9)16-11-4-1-7(13)6-15-11/h1-3,5-6,11H,4,14H2. The molecule has 2 rings (SSSR count). The van der Waals surface area contributed by atoms with Gasteiger partial charge in [-0.1, -0.05) is 11.6 Å². The number of allylic oxidation sites excluding steroid dienone is 1. The predicted octanol–water partition coefficient (Wildman–Crippen LogP) is 2.96. The van der Waals surface area contributed by atoms with Gasteiger partial charge in [-0.15, -0.1) is 0 Å². The van der Waals surface area contributed by atoms with E-state index in [4.69, 9.17) is 22.1 Å². The van der Waals surface area contributed by atoms with E-state index in [0.29, 0.717) is 22.9 Å². The largest absolute Gasteiger partial charge is 0.467 e. The summed E-state index contributed by atoms with van der Waals surface area (Å²) in [5.74, 6) is 0.150. The van der Waals surface area contributed by atoms with Crippen molar-refractivity contribution in [2.24, 2.45) is 4.99 Å². The fraction of sp³-hybridized carbons (Fsp3) is 0.182. The molecule has 2 N–H and O–H groups in total. The zero-order chi connectivity index (χ0) is 11.5. The van der Waals surface area contributed by atoms with Crippen LogP contribution in [0.25, 0.3) is 0 Å². The summed E-state index contributed by atoms with van der Waals surface area (Å²) in [6, 6.07) is 4.95. The van der Waals surface area contributed by atoms with Gasteiger partial charge < -0.3 is 10.5 Å². The molecule has 1 unspecified atom stereocenters. The highest BCUT2D eigenvalue weighted by atomic mass is 35.5. The SMILES string of the molecule is Nc1ccc(OC2CC=C(F)C=N2)c(Cl)c1. The van der Waals surface area contributed by atoms with Gasteiger partial charge in [-0.3, -0.25) is 0 Å². The first-order valence-electron chi connectivity index (χ1n) is 4.75. The zero-order valence-electron chi connectivity index (χ0n) is 8.36. The average Bonchev–Trinajstić information content (AvgIpc) is 2.25. The van der Waals surface area contributed by atoms with E-state index in [1.807, 2.05) is 0 Å². The third-order valence-corrected chi connectivity index (χ3v) is 2.39. The lowest BCUT2D eigenvalue weighted by Gasteiger charge is -2.16. The van der Waals surface area contributed by atoms with Crippen LogP contribution in [0.1, 0.15) is 6.42 Å². The highest BCUT2D eigenvalue weighted by Gasteiger charge is 2.13. The van der Waals surface area contributed by atoms with Gasteiger partial charge in [0.1, 0.15) is 11.6 Å². The number of nitrogens with two attached hydrogens (primary N) is 1. The van der Waals surface area contributed by atoms with Gasteiger partial charge in [-0.2, -0.15) is 0 Å². The van der Waals surface area contributed by atoms with Gasteiger partial charge in [0, 0.05) is 12.1 Å². The summed E-state index contributed by atoms with van der Waals surface area (Å²) in [5, 5.41) is 0.422. The van der Waals surface area contributed by atoms with Crippen molar-refractivity contribution in [1.29, 1.82) is 0 Å².